The number of carbonyl (C=O) groups excluding carboxylic acids is 3. The number of carbonyl (C=O) groups is 3. The summed E-state index contributed by atoms with van der Waals surface area (Å²) in [5.41, 5.74) is 0. The van der Waals surface area contributed by atoms with Crippen molar-refractivity contribution in [3.8, 4) is 0 Å². The first-order chi connectivity index (χ1) is 42.6. The molecule has 0 N–H and O–H groups in total. The maximum atomic E-state index is 13.0. The van der Waals surface area contributed by atoms with Gasteiger partial charge in [-0.05, 0) is 12.8 Å². The molecule has 0 fully saturated rings. The minimum Gasteiger partial charge on any atom is -0.545 e. The molecule has 0 aliphatic rings. The predicted octanol–water partition coefficient (Wildman–Crippen LogP) is 23.3. The quantitative estimate of drug-likeness (QED) is 0.0256. The Morgan fingerprint density at radius 1 is 0.299 bits per heavy atom. The van der Waals surface area contributed by atoms with Crippen LogP contribution in [0.2, 0.25) is 0 Å². The molecular weight excluding hydrogens is 1080 g/mol. The lowest BCUT2D eigenvalue weighted by atomic mass is 10.0. The molecule has 0 aliphatic carbocycles. The fourth-order valence-electron chi connectivity index (χ4n) is 12.4. The van der Waals surface area contributed by atoms with Crippen LogP contribution >= 0.6 is 0 Å². The molecule has 9 heteroatoms. The lowest BCUT2D eigenvalue weighted by Gasteiger charge is -2.26. The van der Waals surface area contributed by atoms with E-state index in [0.29, 0.717) is 17.4 Å². The number of unbranched alkanes of at least 4 members (excludes halogenated alkanes) is 60. The van der Waals surface area contributed by atoms with Crippen molar-refractivity contribution in [1.82, 2.24) is 0 Å². The second kappa shape index (κ2) is 70.2. The Hall–Kier alpha value is -1.71. The van der Waals surface area contributed by atoms with E-state index in [9.17, 15) is 19.5 Å². The summed E-state index contributed by atoms with van der Waals surface area (Å²) in [7, 11) is 5.96. The van der Waals surface area contributed by atoms with E-state index in [2.05, 4.69) is 13.8 Å². The van der Waals surface area contributed by atoms with E-state index in [0.717, 1.165) is 38.5 Å². The van der Waals surface area contributed by atoms with Crippen molar-refractivity contribution in [2.45, 2.75) is 437 Å². The molecule has 0 heterocycles. The van der Waals surface area contributed by atoms with Gasteiger partial charge in [0.25, 0.3) is 0 Å². The van der Waals surface area contributed by atoms with Gasteiger partial charge in [0.1, 0.15) is 13.2 Å². The summed E-state index contributed by atoms with van der Waals surface area (Å²) in [6.45, 7) is 4.85. The highest BCUT2D eigenvalue weighted by Crippen LogP contribution is 2.20. The van der Waals surface area contributed by atoms with Gasteiger partial charge in [0, 0.05) is 12.8 Å². The number of hydrogen-bond acceptors (Lipinski definition) is 8. The summed E-state index contributed by atoms with van der Waals surface area (Å²) in [5.74, 6) is -2.24. The highest BCUT2D eigenvalue weighted by atomic mass is 16.7. The number of carboxylic acid groups (broad SMARTS) is 1. The maximum absolute atomic E-state index is 13.0. The highest BCUT2D eigenvalue weighted by molar-refractivity contribution is 5.70. The first kappa shape index (κ1) is 85.3. The van der Waals surface area contributed by atoms with Crippen LogP contribution in [0, 0.1) is 0 Å². The molecule has 0 amide bonds. The number of ether oxygens (including phenoxy) is 4. The van der Waals surface area contributed by atoms with Crippen LogP contribution in [-0.2, 0) is 33.3 Å². The van der Waals surface area contributed by atoms with Crippen LogP contribution in [0.5, 0.6) is 0 Å². The Labute approximate surface area is 543 Å². The molecule has 2 unspecified atom stereocenters. The summed E-state index contributed by atoms with van der Waals surface area (Å²) in [4.78, 5) is 37.6. The number of carboxylic acids is 1. The van der Waals surface area contributed by atoms with E-state index in [1.54, 1.807) is 0 Å². The van der Waals surface area contributed by atoms with Gasteiger partial charge in [-0.15, -0.1) is 0 Å². The zero-order chi connectivity index (χ0) is 63.3. The molecule has 0 aromatic heterocycles. The van der Waals surface area contributed by atoms with Crippen LogP contribution in [0.15, 0.2) is 0 Å². The summed E-state index contributed by atoms with van der Waals surface area (Å²) in [5, 5.41) is 11.8. The van der Waals surface area contributed by atoms with Crippen LogP contribution < -0.4 is 5.11 Å². The fourth-order valence-corrected chi connectivity index (χ4v) is 12.4. The molecule has 0 radical (unpaired) electrons. The summed E-state index contributed by atoms with van der Waals surface area (Å²) >= 11 is 0. The van der Waals surface area contributed by atoms with E-state index in [1.807, 2.05) is 21.1 Å². The third-order valence-corrected chi connectivity index (χ3v) is 18.4. The van der Waals surface area contributed by atoms with Gasteiger partial charge < -0.3 is 33.3 Å². The second-order valence-electron chi connectivity index (χ2n) is 28.4. The Kier molecular flexibility index (Phi) is 68.8. The molecule has 0 spiro atoms. The number of quaternary nitrogens is 1. The standard InChI is InChI=1S/C78H153NO8/c1-6-8-10-12-14-16-18-20-22-24-26-28-30-32-34-35-36-37-38-39-40-41-43-45-47-49-51-53-55-57-59-61-63-65-67-69-76(81)87-74(73-86-78(77(82)83)84-71-70-79(3,4)5)72-85-75(80)68-66-64-62-60-58-56-54-52-50-48-46-44-42-33-31-29-27-25-23-21-19-17-15-13-11-9-7-2/h74,78H,6-73H2,1-5H3. The van der Waals surface area contributed by atoms with Gasteiger partial charge in [0.15, 0.2) is 12.4 Å². The molecule has 0 rings (SSSR count). The Bertz CT molecular complexity index is 1390. The minimum atomic E-state index is -1.62. The molecule has 2 atom stereocenters. The summed E-state index contributed by atoms with van der Waals surface area (Å²) in [6, 6.07) is 0. The zero-order valence-corrected chi connectivity index (χ0v) is 59.5. The van der Waals surface area contributed by atoms with Crippen molar-refractivity contribution in [3.63, 3.8) is 0 Å². The van der Waals surface area contributed by atoms with E-state index < -0.39 is 24.3 Å². The van der Waals surface area contributed by atoms with Gasteiger partial charge in [-0.3, -0.25) is 9.59 Å². The van der Waals surface area contributed by atoms with Crippen molar-refractivity contribution >= 4 is 17.9 Å². The monoisotopic (exact) mass is 1230 g/mol. The van der Waals surface area contributed by atoms with E-state index in [4.69, 9.17) is 18.9 Å². The zero-order valence-electron chi connectivity index (χ0n) is 59.5. The number of esters is 2. The van der Waals surface area contributed by atoms with Crippen molar-refractivity contribution in [2.24, 2.45) is 0 Å². The van der Waals surface area contributed by atoms with Gasteiger partial charge in [-0.25, -0.2) is 0 Å². The number of rotatable bonds is 75. The van der Waals surface area contributed by atoms with Crippen LogP contribution in [0.3, 0.4) is 0 Å². The molecule has 0 aliphatic heterocycles. The molecule has 87 heavy (non-hydrogen) atoms. The summed E-state index contributed by atoms with van der Waals surface area (Å²) in [6.07, 6.45) is 82.3. The van der Waals surface area contributed by atoms with Crippen LogP contribution in [0.4, 0.5) is 0 Å². The number of likely N-dealkylation sites (N-methyl/N-ethyl adjacent to an activating group) is 1. The predicted molar refractivity (Wildman–Crippen MR) is 371 cm³/mol. The SMILES string of the molecule is CCCCCCCCCCCCCCCCCCCCCCCCCCCCCCCCCCCCCC(=O)OC(COC(=O)CCCCCCCCCCCCCCCCCCCCCCCCCCCCC)COC(OCC[N+](C)(C)C)C(=O)[O-]. The molecule has 9 nitrogen and oxygen atoms in total. The average Bonchev–Trinajstić information content (AvgIpc) is 3.56. The van der Waals surface area contributed by atoms with Crippen LogP contribution in [0.25, 0.3) is 0 Å². The fraction of sp³-hybridized carbons (Fsp3) is 0.962. The van der Waals surface area contributed by atoms with Crippen LogP contribution in [0.1, 0.15) is 425 Å². The first-order valence-electron chi connectivity index (χ1n) is 39.2. The molecular formula is C78H153NO8. The first-order valence-corrected chi connectivity index (χ1v) is 39.2. The van der Waals surface area contributed by atoms with Crippen molar-refractivity contribution in [3.05, 3.63) is 0 Å². The third kappa shape index (κ3) is 71.6. The van der Waals surface area contributed by atoms with E-state index in [-0.39, 0.29) is 32.2 Å². The van der Waals surface area contributed by atoms with E-state index in [1.165, 1.54) is 360 Å². The lowest BCUT2D eigenvalue weighted by molar-refractivity contribution is -0.870. The smallest absolute Gasteiger partial charge is 0.306 e. The Morgan fingerprint density at radius 2 is 0.517 bits per heavy atom. The molecule has 518 valence electrons. The molecule has 0 saturated heterocycles. The lowest BCUT2D eigenvalue weighted by Crippen LogP contribution is -2.44. The minimum absolute atomic E-state index is 0.154. The number of hydrogen-bond donors (Lipinski definition) is 0. The van der Waals surface area contributed by atoms with Gasteiger partial charge in [0.2, 0.25) is 0 Å². The van der Waals surface area contributed by atoms with Gasteiger partial charge in [0.05, 0.1) is 40.3 Å². The Morgan fingerprint density at radius 3 is 0.736 bits per heavy atom. The third-order valence-electron chi connectivity index (χ3n) is 18.4. The number of nitrogens with zero attached hydrogens (tertiary/aromatic N) is 1. The molecule has 0 bridgehead atoms. The normalized spacial score (nSPS) is 12.5. The van der Waals surface area contributed by atoms with Gasteiger partial charge in [-0.2, -0.15) is 0 Å². The van der Waals surface area contributed by atoms with Crippen molar-refractivity contribution < 1.29 is 42.9 Å². The van der Waals surface area contributed by atoms with Crippen LogP contribution in [-0.4, -0.2) is 82.3 Å². The Balaban J connectivity index is 3.96. The van der Waals surface area contributed by atoms with Gasteiger partial charge in [-0.1, -0.05) is 399 Å². The van der Waals surface area contributed by atoms with E-state index >= 15 is 0 Å². The van der Waals surface area contributed by atoms with Crippen molar-refractivity contribution in [1.29, 1.82) is 0 Å². The maximum Gasteiger partial charge on any atom is 0.306 e. The van der Waals surface area contributed by atoms with Crippen molar-refractivity contribution in [2.75, 3.05) is 47.5 Å². The largest absolute Gasteiger partial charge is 0.545 e. The molecule has 0 aromatic carbocycles. The second-order valence-corrected chi connectivity index (χ2v) is 28.4. The average molecular weight is 1230 g/mol. The summed E-state index contributed by atoms with van der Waals surface area (Å²) < 4.78 is 22.9. The number of aliphatic carboxylic acids is 1. The molecule has 0 aromatic rings. The topological polar surface area (TPSA) is 111 Å². The molecule has 0 saturated carbocycles. The highest BCUT2D eigenvalue weighted by Gasteiger charge is 2.22. The van der Waals surface area contributed by atoms with Gasteiger partial charge >= 0.3 is 11.9 Å².